The van der Waals surface area contributed by atoms with Crippen LogP contribution in [-0.2, 0) is 0 Å². The molecule has 4 fully saturated rings. The van der Waals surface area contributed by atoms with Gasteiger partial charge in [0.2, 0.25) is 0 Å². The molecule has 0 bridgehead atoms. The topological polar surface area (TPSA) is 9.72 Å². The highest BCUT2D eigenvalue weighted by molar-refractivity contribution is 4.94. The first-order chi connectivity index (χ1) is 9.40. The van der Waals surface area contributed by atoms with Gasteiger partial charge in [0.25, 0.3) is 0 Å². The van der Waals surface area contributed by atoms with Gasteiger partial charge in [0.05, 0.1) is 0 Å². The molecule has 0 aromatic heterocycles. The lowest BCUT2D eigenvalue weighted by atomic mass is 9.93. The number of piperazine rings is 1. The van der Waals surface area contributed by atoms with Crippen LogP contribution in [0, 0.1) is 0 Å². The zero-order chi connectivity index (χ0) is 12.7. The van der Waals surface area contributed by atoms with Crippen molar-refractivity contribution in [3.05, 3.63) is 0 Å². The zero-order valence-corrected chi connectivity index (χ0v) is 12.3. The minimum absolute atomic E-state index is 0.893. The van der Waals surface area contributed by atoms with Crippen LogP contribution in [0.25, 0.3) is 0 Å². The Morgan fingerprint density at radius 1 is 0.526 bits per heavy atom. The number of piperidine rings is 2. The molecular formula is C16H29N3. The van der Waals surface area contributed by atoms with E-state index in [-0.39, 0.29) is 0 Å². The minimum atomic E-state index is 0.893. The van der Waals surface area contributed by atoms with Crippen LogP contribution in [0.15, 0.2) is 0 Å². The van der Waals surface area contributed by atoms with Crippen LogP contribution in [0.1, 0.15) is 44.9 Å². The molecule has 4 aliphatic rings. The van der Waals surface area contributed by atoms with E-state index in [1.54, 1.807) is 0 Å². The van der Waals surface area contributed by atoms with Crippen molar-refractivity contribution in [2.24, 2.45) is 0 Å². The van der Waals surface area contributed by atoms with Gasteiger partial charge in [-0.3, -0.25) is 9.80 Å². The predicted octanol–water partition coefficient (Wildman–Crippen LogP) is 1.78. The van der Waals surface area contributed by atoms with E-state index >= 15 is 0 Å². The molecular weight excluding hydrogens is 234 g/mol. The number of hydrogen-bond acceptors (Lipinski definition) is 3. The minimum Gasteiger partial charge on any atom is -0.300 e. The van der Waals surface area contributed by atoms with Gasteiger partial charge in [-0.05, 0) is 58.2 Å². The standard InChI is InChI=1S/C16H29N3/c1-2-7-18-10-11-19(13-16(18)4-1)15-6-9-17-8-3-5-14(17)12-15/h14-16H,1-13H2. The molecule has 3 nitrogen and oxygen atoms in total. The van der Waals surface area contributed by atoms with Gasteiger partial charge in [-0.15, -0.1) is 0 Å². The number of rotatable bonds is 1. The average Bonchev–Trinajstić information content (AvgIpc) is 2.94. The second-order valence-electron chi connectivity index (χ2n) is 7.19. The molecule has 3 unspecified atom stereocenters. The van der Waals surface area contributed by atoms with Crippen molar-refractivity contribution >= 4 is 0 Å². The Morgan fingerprint density at radius 3 is 2.26 bits per heavy atom. The lowest BCUT2D eigenvalue weighted by Crippen LogP contribution is -2.59. The first-order valence-corrected chi connectivity index (χ1v) is 8.62. The fourth-order valence-electron chi connectivity index (χ4n) is 5.05. The molecule has 0 N–H and O–H groups in total. The molecule has 3 heteroatoms. The Balaban J connectivity index is 1.37. The first-order valence-electron chi connectivity index (χ1n) is 8.62. The molecule has 108 valence electrons. The number of hydrogen-bond donors (Lipinski definition) is 0. The summed E-state index contributed by atoms with van der Waals surface area (Å²) in [6.07, 6.45) is 10.2. The quantitative estimate of drug-likeness (QED) is 0.714. The first kappa shape index (κ1) is 12.6. The fourth-order valence-corrected chi connectivity index (χ4v) is 5.05. The van der Waals surface area contributed by atoms with Crippen LogP contribution in [0.5, 0.6) is 0 Å². The Hall–Kier alpha value is -0.120. The maximum absolute atomic E-state index is 2.86. The third kappa shape index (κ3) is 2.45. The summed E-state index contributed by atoms with van der Waals surface area (Å²) in [5.41, 5.74) is 0. The van der Waals surface area contributed by atoms with Crippen molar-refractivity contribution < 1.29 is 0 Å². The molecule has 4 aliphatic heterocycles. The third-order valence-corrected chi connectivity index (χ3v) is 6.18. The van der Waals surface area contributed by atoms with Crippen molar-refractivity contribution in [3.8, 4) is 0 Å². The average molecular weight is 263 g/mol. The van der Waals surface area contributed by atoms with E-state index in [0.29, 0.717) is 0 Å². The number of nitrogens with zero attached hydrogens (tertiary/aromatic N) is 3. The molecule has 4 heterocycles. The van der Waals surface area contributed by atoms with E-state index < -0.39 is 0 Å². The lowest BCUT2D eigenvalue weighted by Gasteiger charge is -2.49. The van der Waals surface area contributed by atoms with Crippen LogP contribution in [-0.4, -0.2) is 72.1 Å². The third-order valence-electron chi connectivity index (χ3n) is 6.18. The molecule has 0 amide bonds. The largest absolute Gasteiger partial charge is 0.300 e. The van der Waals surface area contributed by atoms with Crippen molar-refractivity contribution in [2.75, 3.05) is 39.3 Å². The Morgan fingerprint density at radius 2 is 1.26 bits per heavy atom. The summed E-state index contributed by atoms with van der Waals surface area (Å²) in [7, 11) is 0. The summed E-state index contributed by atoms with van der Waals surface area (Å²) < 4.78 is 0. The van der Waals surface area contributed by atoms with Gasteiger partial charge in [-0.1, -0.05) is 6.42 Å². The van der Waals surface area contributed by atoms with Gasteiger partial charge < -0.3 is 4.90 Å². The summed E-state index contributed by atoms with van der Waals surface area (Å²) in [5.74, 6) is 0. The normalized spacial score (nSPS) is 42.0. The van der Waals surface area contributed by atoms with Crippen molar-refractivity contribution in [1.82, 2.24) is 14.7 Å². The van der Waals surface area contributed by atoms with Crippen molar-refractivity contribution in [1.29, 1.82) is 0 Å². The summed E-state index contributed by atoms with van der Waals surface area (Å²) in [6.45, 7) is 8.19. The second kappa shape index (κ2) is 5.34. The molecule has 0 radical (unpaired) electrons. The van der Waals surface area contributed by atoms with Crippen LogP contribution in [0.3, 0.4) is 0 Å². The molecule has 3 atom stereocenters. The van der Waals surface area contributed by atoms with E-state index in [2.05, 4.69) is 14.7 Å². The van der Waals surface area contributed by atoms with Crippen LogP contribution in [0.4, 0.5) is 0 Å². The lowest BCUT2D eigenvalue weighted by molar-refractivity contribution is 0.00368. The highest BCUT2D eigenvalue weighted by Crippen LogP contribution is 2.31. The van der Waals surface area contributed by atoms with Crippen molar-refractivity contribution in [3.63, 3.8) is 0 Å². The maximum Gasteiger partial charge on any atom is 0.0223 e. The van der Waals surface area contributed by atoms with Gasteiger partial charge in [0, 0.05) is 37.8 Å². The van der Waals surface area contributed by atoms with E-state index in [4.69, 9.17) is 0 Å². The summed E-state index contributed by atoms with van der Waals surface area (Å²) in [5, 5.41) is 0. The van der Waals surface area contributed by atoms with Gasteiger partial charge in [-0.25, -0.2) is 0 Å². The molecule has 19 heavy (non-hydrogen) atoms. The van der Waals surface area contributed by atoms with E-state index in [9.17, 15) is 0 Å². The van der Waals surface area contributed by atoms with Gasteiger partial charge in [0.1, 0.15) is 0 Å². The molecule has 0 aromatic rings. The van der Waals surface area contributed by atoms with Crippen LogP contribution >= 0.6 is 0 Å². The molecule has 4 saturated heterocycles. The second-order valence-corrected chi connectivity index (χ2v) is 7.19. The molecule has 0 aromatic carbocycles. The Bertz CT molecular complexity index is 319. The zero-order valence-electron chi connectivity index (χ0n) is 12.3. The Kier molecular flexibility index (Phi) is 3.55. The van der Waals surface area contributed by atoms with Gasteiger partial charge >= 0.3 is 0 Å². The van der Waals surface area contributed by atoms with E-state index in [0.717, 1.165) is 18.1 Å². The summed E-state index contributed by atoms with van der Waals surface area (Å²) >= 11 is 0. The molecule has 4 rings (SSSR count). The van der Waals surface area contributed by atoms with E-state index in [1.165, 1.54) is 84.2 Å². The molecule has 0 saturated carbocycles. The smallest absolute Gasteiger partial charge is 0.0223 e. The highest BCUT2D eigenvalue weighted by atomic mass is 15.3. The fraction of sp³-hybridized carbons (Fsp3) is 1.00. The molecule has 0 aliphatic carbocycles. The number of fused-ring (bicyclic) bond motifs is 2. The SMILES string of the molecule is C1CCN2CCN(C3CCN4CCCC4C3)CC2C1. The maximum atomic E-state index is 2.86. The Labute approximate surface area is 117 Å². The summed E-state index contributed by atoms with van der Waals surface area (Å²) in [4.78, 5) is 8.39. The van der Waals surface area contributed by atoms with Gasteiger partial charge in [0.15, 0.2) is 0 Å². The van der Waals surface area contributed by atoms with Crippen LogP contribution < -0.4 is 0 Å². The molecule has 0 spiro atoms. The highest BCUT2D eigenvalue weighted by Gasteiger charge is 2.37. The van der Waals surface area contributed by atoms with Gasteiger partial charge in [-0.2, -0.15) is 0 Å². The van der Waals surface area contributed by atoms with Crippen LogP contribution in [0.2, 0.25) is 0 Å². The predicted molar refractivity (Wildman–Crippen MR) is 78.4 cm³/mol. The monoisotopic (exact) mass is 263 g/mol. The van der Waals surface area contributed by atoms with E-state index in [1.807, 2.05) is 0 Å². The summed E-state index contributed by atoms with van der Waals surface area (Å²) in [6, 6.07) is 2.73. The van der Waals surface area contributed by atoms with Crippen molar-refractivity contribution in [2.45, 2.75) is 63.1 Å².